The normalized spacial score (nSPS) is 14.0. The fourth-order valence-corrected chi connectivity index (χ4v) is 3.81. The summed E-state index contributed by atoms with van der Waals surface area (Å²) in [5.74, 6) is -0.334. The number of carbonyl (C=O) groups is 2. The van der Waals surface area contributed by atoms with Gasteiger partial charge in [-0.15, -0.1) is 0 Å². The van der Waals surface area contributed by atoms with E-state index in [4.69, 9.17) is 0 Å². The first-order valence-corrected chi connectivity index (χ1v) is 11.9. The number of carbonyl (C=O) groups excluding carboxylic acids is 2. The fraction of sp³-hybridized carbons (Fsp3) is 0.292. The molecule has 0 bridgehead atoms. The largest absolute Gasteiger partial charge is 0.418 e. The highest BCUT2D eigenvalue weighted by molar-refractivity contribution is 9.10. The van der Waals surface area contributed by atoms with Crippen LogP contribution in [0.25, 0.3) is 0 Å². The van der Waals surface area contributed by atoms with Crippen LogP contribution in [0.5, 0.6) is 0 Å². The second-order valence-corrected chi connectivity index (χ2v) is 9.65. The van der Waals surface area contributed by atoms with Crippen molar-refractivity contribution in [2.24, 2.45) is 0 Å². The van der Waals surface area contributed by atoms with Gasteiger partial charge in [-0.05, 0) is 43.2 Å². The van der Waals surface area contributed by atoms with Crippen LogP contribution >= 0.6 is 15.9 Å². The highest BCUT2D eigenvalue weighted by Crippen LogP contribution is 2.38. The lowest BCUT2D eigenvalue weighted by molar-refractivity contribution is -0.137. The van der Waals surface area contributed by atoms with Gasteiger partial charge in [0.25, 0.3) is 5.91 Å². The number of rotatable bonds is 8. The van der Waals surface area contributed by atoms with Gasteiger partial charge in [-0.1, -0.05) is 15.9 Å². The molecule has 194 valence electrons. The molecule has 1 aromatic carbocycles. The molecule has 1 aliphatic rings. The molecule has 2 amide bonds. The third-order valence-electron chi connectivity index (χ3n) is 5.66. The quantitative estimate of drug-likeness (QED) is 0.370. The zero-order valence-corrected chi connectivity index (χ0v) is 21.4. The van der Waals surface area contributed by atoms with E-state index in [0.717, 1.165) is 6.07 Å². The van der Waals surface area contributed by atoms with Gasteiger partial charge in [-0.25, -0.2) is 9.97 Å². The van der Waals surface area contributed by atoms with Crippen LogP contribution in [0.2, 0.25) is 0 Å². The first-order valence-electron chi connectivity index (χ1n) is 11.2. The van der Waals surface area contributed by atoms with Gasteiger partial charge in [-0.3, -0.25) is 14.6 Å². The summed E-state index contributed by atoms with van der Waals surface area (Å²) in [6.45, 7) is 0.0868. The third-order valence-corrected chi connectivity index (χ3v) is 6.15. The molecule has 1 saturated carbocycles. The summed E-state index contributed by atoms with van der Waals surface area (Å²) < 4.78 is 40.3. The molecule has 0 saturated heterocycles. The van der Waals surface area contributed by atoms with Gasteiger partial charge >= 0.3 is 6.18 Å². The highest BCUT2D eigenvalue weighted by Gasteiger charge is 2.51. The van der Waals surface area contributed by atoms with Gasteiger partial charge < -0.3 is 20.9 Å². The second kappa shape index (κ2) is 10.3. The van der Waals surface area contributed by atoms with Gasteiger partial charge in [0.2, 0.25) is 11.9 Å². The Morgan fingerprint density at radius 1 is 1.05 bits per heavy atom. The summed E-state index contributed by atoms with van der Waals surface area (Å²) in [6.07, 6.45) is 0.642. The minimum atomic E-state index is -4.53. The minimum Gasteiger partial charge on any atom is -0.354 e. The van der Waals surface area contributed by atoms with Crippen molar-refractivity contribution >= 4 is 45.1 Å². The van der Waals surface area contributed by atoms with Crippen LogP contribution in [0.4, 0.5) is 30.5 Å². The zero-order chi connectivity index (χ0) is 26.8. The summed E-state index contributed by atoms with van der Waals surface area (Å²) >= 11 is 3.06. The minimum absolute atomic E-state index is 0.0868. The molecule has 2 aromatic heterocycles. The lowest BCUT2D eigenvalue weighted by Crippen LogP contribution is -2.48. The molecular formula is C24H23BrF3N7O2. The molecule has 1 fully saturated rings. The summed E-state index contributed by atoms with van der Waals surface area (Å²) in [5.41, 5.74) is -0.818. The Labute approximate surface area is 219 Å². The van der Waals surface area contributed by atoms with Crippen LogP contribution in [0.3, 0.4) is 0 Å². The molecule has 0 spiro atoms. The number of hydrogen-bond acceptors (Lipinski definition) is 7. The molecule has 0 atom stereocenters. The summed E-state index contributed by atoms with van der Waals surface area (Å²) in [7, 11) is 3.56. The average Bonchev–Trinajstić information content (AvgIpc) is 3.64. The average molecular weight is 578 g/mol. The topological polar surface area (TPSA) is 112 Å². The highest BCUT2D eigenvalue weighted by atomic mass is 79.9. The predicted octanol–water partition coefficient (Wildman–Crippen LogP) is 4.04. The number of pyridine rings is 1. The van der Waals surface area contributed by atoms with Crippen LogP contribution in [0.1, 0.15) is 34.5 Å². The van der Waals surface area contributed by atoms with E-state index in [2.05, 4.69) is 46.8 Å². The van der Waals surface area contributed by atoms with E-state index in [1.807, 2.05) is 0 Å². The van der Waals surface area contributed by atoms with Crippen molar-refractivity contribution in [2.45, 2.75) is 31.1 Å². The lowest BCUT2D eigenvalue weighted by atomic mass is 10.1. The van der Waals surface area contributed by atoms with Crippen molar-refractivity contribution in [1.29, 1.82) is 0 Å². The number of amides is 2. The molecule has 13 heteroatoms. The van der Waals surface area contributed by atoms with Crippen LogP contribution in [-0.2, 0) is 17.5 Å². The fourth-order valence-electron chi connectivity index (χ4n) is 3.45. The van der Waals surface area contributed by atoms with Crippen LogP contribution in [0, 0.1) is 0 Å². The number of alkyl halides is 3. The van der Waals surface area contributed by atoms with Crippen molar-refractivity contribution in [3.05, 3.63) is 70.2 Å². The van der Waals surface area contributed by atoms with Crippen molar-refractivity contribution in [3.8, 4) is 0 Å². The van der Waals surface area contributed by atoms with E-state index >= 15 is 0 Å². The Kier molecular flexibility index (Phi) is 7.35. The molecule has 0 radical (unpaired) electrons. The van der Waals surface area contributed by atoms with Crippen molar-refractivity contribution in [3.63, 3.8) is 0 Å². The summed E-state index contributed by atoms with van der Waals surface area (Å²) in [5, 5.41) is 8.24. The Morgan fingerprint density at radius 3 is 2.32 bits per heavy atom. The number of nitrogens with one attached hydrogen (secondary N) is 3. The molecule has 4 rings (SSSR count). The van der Waals surface area contributed by atoms with E-state index in [1.54, 1.807) is 31.1 Å². The number of halogens is 4. The van der Waals surface area contributed by atoms with Gasteiger partial charge in [0.05, 0.1) is 40.9 Å². The Balaban J connectivity index is 1.33. The van der Waals surface area contributed by atoms with E-state index in [0.29, 0.717) is 34.6 Å². The second-order valence-electron chi connectivity index (χ2n) is 8.74. The molecule has 3 aromatic rings. The molecule has 9 nitrogen and oxygen atoms in total. The molecule has 37 heavy (non-hydrogen) atoms. The Bertz CT molecular complexity index is 1300. The maximum absolute atomic E-state index is 13.3. The summed E-state index contributed by atoms with van der Waals surface area (Å²) in [6, 6.07) is 7.00. The van der Waals surface area contributed by atoms with Crippen molar-refractivity contribution in [2.75, 3.05) is 24.3 Å². The maximum atomic E-state index is 13.3. The van der Waals surface area contributed by atoms with E-state index in [1.165, 1.54) is 30.7 Å². The molecule has 0 unspecified atom stereocenters. The maximum Gasteiger partial charge on any atom is 0.418 e. The monoisotopic (exact) mass is 577 g/mol. The predicted molar refractivity (Wildman–Crippen MR) is 134 cm³/mol. The summed E-state index contributed by atoms with van der Waals surface area (Å²) in [4.78, 5) is 39.5. The number of hydrogen-bond donors (Lipinski definition) is 3. The van der Waals surface area contributed by atoms with E-state index in [-0.39, 0.29) is 23.7 Å². The standard InChI is InChI=1S/C24H23BrF3N7O2/c1-35(2)22-31-10-14(11-32-22)20(36)34-23(7-8-23)21(37)30-12-16-4-5-17(13-29-16)33-19-6-3-15(25)9-18(19)24(26,27)28/h3-6,9-11,13,33H,7-8,12H2,1-2H3,(H,30,37)(H,34,36). The van der Waals surface area contributed by atoms with Crippen molar-refractivity contribution < 1.29 is 22.8 Å². The van der Waals surface area contributed by atoms with Crippen molar-refractivity contribution in [1.82, 2.24) is 25.6 Å². The first kappa shape index (κ1) is 26.3. The molecule has 0 aliphatic heterocycles. The SMILES string of the molecule is CN(C)c1ncc(C(=O)NC2(C(=O)NCc3ccc(Nc4ccc(Br)cc4C(F)(F)F)cn3)CC2)cn1. The van der Waals surface area contributed by atoms with Crippen LogP contribution in [-0.4, -0.2) is 46.4 Å². The smallest absolute Gasteiger partial charge is 0.354 e. The molecule has 2 heterocycles. The van der Waals surface area contributed by atoms with Crippen LogP contribution in [0.15, 0.2) is 53.4 Å². The third kappa shape index (κ3) is 6.34. The molecular weight excluding hydrogens is 555 g/mol. The number of aromatic nitrogens is 3. The number of anilines is 3. The van der Waals surface area contributed by atoms with E-state index < -0.39 is 23.2 Å². The lowest BCUT2D eigenvalue weighted by Gasteiger charge is -2.17. The Morgan fingerprint density at radius 2 is 1.76 bits per heavy atom. The molecule has 3 N–H and O–H groups in total. The van der Waals surface area contributed by atoms with Gasteiger partial charge in [0, 0.05) is 31.0 Å². The van der Waals surface area contributed by atoms with Gasteiger partial charge in [0.15, 0.2) is 0 Å². The Hall–Kier alpha value is -3.74. The van der Waals surface area contributed by atoms with Gasteiger partial charge in [0.1, 0.15) is 5.54 Å². The van der Waals surface area contributed by atoms with Crippen LogP contribution < -0.4 is 20.9 Å². The number of nitrogens with zero attached hydrogens (tertiary/aromatic N) is 4. The molecule has 1 aliphatic carbocycles. The first-order chi connectivity index (χ1) is 17.5. The number of benzene rings is 1. The van der Waals surface area contributed by atoms with Gasteiger partial charge in [-0.2, -0.15) is 13.2 Å². The van der Waals surface area contributed by atoms with E-state index in [9.17, 15) is 22.8 Å². The zero-order valence-electron chi connectivity index (χ0n) is 19.9.